The Labute approximate surface area is 169 Å². The second-order valence-electron chi connectivity index (χ2n) is 6.90. The summed E-state index contributed by atoms with van der Waals surface area (Å²) in [5, 5.41) is 14.0. The van der Waals surface area contributed by atoms with E-state index in [4.69, 9.17) is 0 Å². The van der Waals surface area contributed by atoms with Crippen molar-refractivity contribution in [2.45, 2.75) is 38.8 Å². The number of benzene rings is 2. The Kier molecular flexibility index (Phi) is 6.73. The number of hydrogen-bond donors (Lipinski definition) is 1. The van der Waals surface area contributed by atoms with Crippen LogP contribution in [-0.4, -0.2) is 20.4 Å². The Morgan fingerprint density at radius 3 is 2.41 bits per heavy atom. The number of aromatic nitrogens is 2. The lowest BCUT2D eigenvalue weighted by Crippen LogP contribution is -2.29. The average Bonchev–Trinajstić information content (AvgIpc) is 3.12. The molecule has 0 spiro atoms. The molecule has 3 aromatic rings. The van der Waals surface area contributed by atoms with E-state index in [1.165, 1.54) is 11.8 Å². The van der Waals surface area contributed by atoms with Crippen molar-refractivity contribution in [3.8, 4) is 0 Å². The molecule has 150 valence electrons. The molecule has 7 nitrogen and oxygen atoms in total. The third kappa shape index (κ3) is 5.75. The van der Waals surface area contributed by atoms with Gasteiger partial charge in [-0.05, 0) is 33.9 Å². The average molecular weight is 392 g/mol. The van der Waals surface area contributed by atoms with Gasteiger partial charge in [-0.15, -0.1) is 0 Å². The predicted molar refractivity (Wildman–Crippen MR) is 110 cm³/mol. The van der Waals surface area contributed by atoms with E-state index in [-0.39, 0.29) is 24.2 Å². The molecule has 1 unspecified atom stereocenters. The highest BCUT2D eigenvalue weighted by Crippen LogP contribution is 2.20. The maximum Gasteiger partial charge on any atom is 0.381 e. The number of carbonyl (C=O) groups excluding carboxylic acids is 1. The second-order valence-corrected chi connectivity index (χ2v) is 6.90. The molecule has 1 N–H and O–H groups in total. The first-order chi connectivity index (χ1) is 14.0. The lowest BCUT2D eigenvalue weighted by atomic mass is 9.99. The number of aryl methyl sites for hydroxylation is 3. The van der Waals surface area contributed by atoms with Gasteiger partial charge < -0.3 is 20.0 Å². The Hall–Kier alpha value is -3.48. The van der Waals surface area contributed by atoms with Gasteiger partial charge in [0.05, 0.1) is 6.04 Å². The molecule has 29 heavy (non-hydrogen) atoms. The highest BCUT2D eigenvalue weighted by molar-refractivity contribution is 5.76. The molecule has 1 atom stereocenters. The minimum absolute atomic E-state index is 0.0948. The molecule has 0 bridgehead atoms. The van der Waals surface area contributed by atoms with Crippen molar-refractivity contribution < 1.29 is 9.72 Å². The highest BCUT2D eigenvalue weighted by atomic mass is 16.6. The van der Waals surface area contributed by atoms with Gasteiger partial charge in [0.1, 0.15) is 6.20 Å². The third-order valence-electron chi connectivity index (χ3n) is 4.83. The van der Waals surface area contributed by atoms with E-state index in [1.54, 1.807) is 11.5 Å². The number of amides is 1. The monoisotopic (exact) mass is 392 g/mol. The number of nitro groups is 1. The molecule has 1 aromatic heterocycles. The Bertz CT molecular complexity index is 955. The maximum absolute atomic E-state index is 12.6. The molecule has 1 amide bonds. The van der Waals surface area contributed by atoms with Gasteiger partial charge in [0.25, 0.3) is 0 Å². The number of nitrogens with zero attached hydrogens (tertiary/aromatic N) is 3. The summed E-state index contributed by atoms with van der Waals surface area (Å²) in [6.07, 6.45) is 3.23. The van der Waals surface area contributed by atoms with Gasteiger partial charge in [0.2, 0.25) is 11.7 Å². The quantitative estimate of drug-likeness (QED) is 0.440. The SMILES string of the molecule is Cc1nc([N+](=O)[O-])cn1CCC(=O)NC(CCc1ccccc1)c1ccccc1. The summed E-state index contributed by atoms with van der Waals surface area (Å²) < 4.78 is 1.64. The van der Waals surface area contributed by atoms with Crippen molar-refractivity contribution in [3.63, 3.8) is 0 Å². The molecule has 7 heteroatoms. The van der Waals surface area contributed by atoms with E-state index >= 15 is 0 Å². The zero-order valence-electron chi connectivity index (χ0n) is 16.3. The molecule has 2 aromatic carbocycles. The van der Waals surface area contributed by atoms with E-state index in [0.29, 0.717) is 12.4 Å². The summed E-state index contributed by atoms with van der Waals surface area (Å²) in [7, 11) is 0. The van der Waals surface area contributed by atoms with Gasteiger partial charge in [0, 0.05) is 19.9 Å². The Morgan fingerprint density at radius 2 is 1.79 bits per heavy atom. The minimum Gasteiger partial charge on any atom is -0.358 e. The van der Waals surface area contributed by atoms with Gasteiger partial charge in [-0.25, -0.2) is 0 Å². The molecular formula is C22H24N4O3. The number of hydrogen-bond acceptors (Lipinski definition) is 4. The number of carbonyl (C=O) groups is 1. The van der Waals surface area contributed by atoms with Crippen LogP contribution in [0.1, 0.15) is 35.8 Å². The van der Waals surface area contributed by atoms with Crippen molar-refractivity contribution in [3.05, 3.63) is 93.9 Å². The lowest BCUT2D eigenvalue weighted by Gasteiger charge is -2.19. The molecule has 3 rings (SSSR count). The van der Waals surface area contributed by atoms with Gasteiger partial charge >= 0.3 is 5.82 Å². The van der Waals surface area contributed by atoms with Crippen LogP contribution in [-0.2, 0) is 17.8 Å². The first-order valence-electron chi connectivity index (χ1n) is 9.59. The molecule has 0 saturated heterocycles. The van der Waals surface area contributed by atoms with Crippen LogP contribution in [0.2, 0.25) is 0 Å². The van der Waals surface area contributed by atoms with Crippen molar-refractivity contribution in [2.75, 3.05) is 0 Å². The van der Waals surface area contributed by atoms with Crippen LogP contribution < -0.4 is 5.32 Å². The van der Waals surface area contributed by atoms with E-state index in [9.17, 15) is 14.9 Å². The fraction of sp³-hybridized carbons (Fsp3) is 0.273. The number of rotatable bonds is 9. The molecule has 0 saturated carbocycles. The fourth-order valence-electron chi connectivity index (χ4n) is 3.26. The van der Waals surface area contributed by atoms with E-state index < -0.39 is 4.92 Å². The van der Waals surface area contributed by atoms with Gasteiger partial charge in [0.15, 0.2) is 0 Å². The maximum atomic E-state index is 12.6. The van der Waals surface area contributed by atoms with Crippen molar-refractivity contribution in [1.82, 2.24) is 14.9 Å². The summed E-state index contributed by atoms with van der Waals surface area (Å²) in [6, 6.07) is 20.0. The summed E-state index contributed by atoms with van der Waals surface area (Å²) in [5.74, 6) is 0.226. The van der Waals surface area contributed by atoms with Crippen LogP contribution in [0.5, 0.6) is 0 Å². The number of nitrogens with one attached hydrogen (secondary N) is 1. The van der Waals surface area contributed by atoms with Gasteiger partial charge in [-0.3, -0.25) is 4.79 Å². The molecule has 0 fully saturated rings. The minimum atomic E-state index is -0.529. The zero-order chi connectivity index (χ0) is 20.6. The van der Waals surface area contributed by atoms with E-state index in [0.717, 1.165) is 18.4 Å². The summed E-state index contributed by atoms with van der Waals surface area (Å²) in [4.78, 5) is 26.8. The molecule has 1 heterocycles. The summed E-state index contributed by atoms with van der Waals surface area (Å²) in [5.41, 5.74) is 2.29. The molecule has 0 aliphatic heterocycles. The first kappa shape index (κ1) is 20.3. The van der Waals surface area contributed by atoms with Gasteiger partial charge in [-0.1, -0.05) is 60.7 Å². The Morgan fingerprint density at radius 1 is 1.14 bits per heavy atom. The molecule has 0 radical (unpaired) electrons. The van der Waals surface area contributed by atoms with Crippen molar-refractivity contribution in [1.29, 1.82) is 0 Å². The topological polar surface area (TPSA) is 90.1 Å². The standard InChI is InChI=1S/C22H24N4O3/c1-17-23-21(26(28)29)16-25(17)15-14-22(27)24-20(19-10-6-3-7-11-19)13-12-18-8-4-2-5-9-18/h2-11,16,20H,12-15H2,1H3,(H,24,27). The van der Waals surface area contributed by atoms with Gasteiger partial charge in [-0.2, -0.15) is 0 Å². The zero-order valence-corrected chi connectivity index (χ0v) is 16.3. The smallest absolute Gasteiger partial charge is 0.358 e. The van der Waals surface area contributed by atoms with Crippen LogP contribution in [0.25, 0.3) is 0 Å². The van der Waals surface area contributed by atoms with Crippen molar-refractivity contribution >= 4 is 11.7 Å². The van der Waals surface area contributed by atoms with Crippen LogP contribution in [0.4, 0.5) is 5.82 Å². The normalized spacial score (nSPS) is 11.8. The predicted octanol–water partition coefficient (Wildman–Crippen LogP) is 3.98. The van der Waals surface area contributed by atoms with E-state index in [2.05, 4.69) is 22.4 Å². The summed E-state index contributed by atoms with van der Waals surface area (Å²) >= 11 is 0. The first-order valence-corrected chi connectivity index (χ1v) is 9.59. The summed E-state index contributed by atoms with van der Waals surface area (Å²) in [6.45, 7) is 2.04. The molecule has 0 aliphatic carbocycles. The molecule has 0 aliphatic rings. The molecular weight excluding hydrogens is 368 g/mol. The van der Waals surface area contributed by atoms with Crippen LogP contribution in [0, 0.1) is 17.0 Å². The van der Waals surface area contributed by atoms with Crippen molar-refractivity contribution in [2.24, 2.45) is 0 Å². The number of imidazole rings is 1. The Balaban J connectivity index is 1.62. The lowest BCUT2D eigenvalue weighted by molar-refractivity contribution is -0.389. The van der Waals surface area contributed by atoms with Crippen LogP contribution >= 0.6 is 0 Å². The fourth-order valence-corrected chi connectivity index (χ4v) is 3.26. The highest BCUT2D eigenvalue weighted by Gasteiger charge is 2.18. The van der Waals surface area contributed by atoms with E-state index in [1.807, 2.05) is 48.5 Å². The third-order valence-corrected chi connectivity index (χ3v) is 4.83. The van der Waals surface area contributed by atoms with Crippen LogP contribution in [0.3, 0.4) is 0 Å². The second kappa shape index (κ2) is 9.64. The largest absolute Gasteiger partial charge is 0.381 e. The van der Waals surface area contributed by atoms with Crippen LogP contribution in [0.15, 0.2) is 66.9 Å².